The summed E-state index contributed by atoms with van der Waals surface area (Å²) in [6, 6.07) is 5.01. The number of nitrogens with one attached hydrogen (secondary N) is 1. The van der Waals surface area contributed by atoms with Gasteiger partial charge in [0.15, 0.2) is 9.84 Å². The quantitative estimate of drug-likeness (QED) is 0.915. The van der Waals surface area contributed by atoms with E-state index in [1.54, 1.807) is 31.4 Å². The topological polar surface area (TPSA) is 68.3 Å². The van der Waals surface area contributed by atoms with E-state index in [-0.39, 0.29) is 4.90 Å². The van der Waals surface area contributed by atoms with Crippen molar-refractivity contribution in [3.05, 3.63) is 24.4 Å². The summed E-state index contributed by atoms with van der Waals surface area (Å²) >= 11 is 0. The Morgan fingerprint density at radius 3 is 2.61 bits per heavy atom. The van der Waals surface area contributed by atoms with Gasteiger partial charge < -0.3 is 10.1 Å². The Kier molecular flexibility index (Phi) is 3.13. The van der Waals surface area contributed by atoms with Crippen LogP contribution in [0, 0.1) is 0 Å². The van der Waals surface area contributed by atoms with Crippen molar-refractivity contribution in [2.45, 2.75) is 4.90 Å². The Morgan fingerprint density at radius 2 is 2.06 bits per heavy atom. The van der Waals surface area contributed by atoms with Gasteiger partial charge in [-0.2, -0.15) is 0 Å². The van der Waals surface area contributed by atoms with E-state index < -0.39 is 9.84 Å². The zero-order chi connectivity index (χ0) is 13.3. The Labute approximate surface area is 106 Å². The number of sulfone groups is 1. The Bertz CT molecular complexity index is 696. The molecule has 0 aliphatic carbocycles. The maximum atomic E-state index is 11.7. The SMILES string of the molecule is CNc1ccnc2cc(OC)c(S(C)(=O)=O)cc12. The molecule has 1 aromatic carbocycles. The first-order valence-corrected chi connectivity index (χ1v) is 7.21. The van der Waals surface area contributed by atoms with Gasteiger partial charge in [-0.25, -0.2) is 8.42 Å². The summed E-state index contributed by atoms with van der Waals surface area (Å²) in [6.45, 7) is 0. The van der Waals surface area contributed by atoms with E-state index in [9.17, 15) is 8.42 Å². The summed E-state index contributed by atoms with van der Waals surface area (Å²) in [4.78, 5) is 4.38. The maximum Gasteiger partial charge on any atom is 0.179 e. The fourth-order valence-corrected chi connectivity index (χ4v) is 2.66. The lowest BCUT2D eigenvalue weighted by Crippen LogP contribution is -2.02. The van der Waals surface area contributed by atoms with Crippen LogP contribution in [0.5, 0.6) is 5.75 Å². The molecule has 96 valence electrons. The highest BCUT2D eigenvalue weighted by molar-refractivity contribution is 7.90. The molecule has 1 N–H and O–H groups in total. The zero-order valence-electron chi connectivity index (χ0n) is 10.4. The van der Waals surface area contributed by atoms with E-state index in [4.69, 9.17) is 4.74 Å². The van der Waals surface area contributed by atoms with Gasteiger partial charge >= 0.3 is 0 Å². The van der Waals surface area contributed by atoms with Crippen molar-refractivity contribution in [2.75, 3.05) is 25.7 Å². The van der Waals surface area contributed by atoms with E-state index in [0.717, 1.165) is 17.3 Å². The zero-order valence-corrected chi connectivity index (χ0v) is 11.2. The van der Waals surface area contributed by atoms with E-state index in [1.165, 1.54) is 7.11 Å². The highest BCUT2D eigenvalue weighted by atomic mass is 32.2. The van der Waals surface area contributed by atoms with Crippen LogP contribution in [0.15, 0.2) is 29.3 Å². The first kappa shape index (κ1) is 12.6. The summed E-state index contributed by atoms with van der Waals surface area (Å²) in [7, 11) is -0.123. The third-order valence-electron chi connectivity index (χ3n) is 2.70. The van der Waals surface area contributed by atoms with Gasteiger partial charge in [0, 0.05) is 36.6 Å². The van der Waals surface area contributed by atoms with Crippen molar-refractivity contribution in [3.8, 4) is 5.75 Å². The largest absolute Gasteiger partial charge is 0.495 e. The molecule has 0 aliphatic rings. The van der Waals surface area contributed by atoms with Crippen LogP contribution in [-0.2, 0) is 9.84 Å². The van der Waals surface area contributed by atoms with Gasteiger partial charge in [-0.05, 0) is 12.1 Å². The highest BCUT2D eigenvalue weighted by Gasteiger charge is 2.16. The first-order chi connectivity index (χ1) is 8.47. The molecule has 0 spiro atoms. The van der Waals surface area contributed by atoms with Crippen LogP contribution in [0.25, 0.3) is 10.9 Å². The van der Waals surface area contributed by atoms with Crippen LogP contribution in [0.4, 0.5) is 5.69 Å². The molecule has 0 saturated heterocycles. The lowest BCUT2D eigenvalue weighted by molar-refractivity contribution is 0.403. The fraction of sp³-hybridized carbons (Fsp3) is 0.250. The number of methoxy groups -OCH3 is 1. The minimum atomic E-state index is -3.34. The number of anilines is 1. The van der Waals surface area contributed by atoms with Gasteiger partial charge in [-0.3, -0.25) is 4.98 Å². The Morgan fingerprint density at radius 1 is 1.33 bits per heavy atom. The second-order valence-corrected chi connectivity index (χ2v) is 5.89. The molecule has 5 nitrogen and oxygen atoms in total. The lowest BCUT2D eigenvalue weighted by Gasteiger charge is -2.10. The highest BCUT2D eigenvalue weighted by Crippen LogP contribution is 2.31. The molecule has 1 aromatic heterocycles. The molecule has 0 atom stereocenters. The van der Waals surface area contributed by atoms with E-state index in [2.05, 4.69) is 10.3 Å². The average molecular weight is 266 g/mol. The number of rotatable bonds is 3. The average Bonchev–Trinajstić information content (AvgIpc) is 2.35. The number of pyridine rings is 1. The number of hydrogen-bond acceptors (Lipinski definition) is 5. The number of nitrogens with zero attached hydrogens (tertiary/aromatic N) is 1. The molecule has 1 heterocycles. The van der Waals surface area contributed by atoms with Gasteiger partial charge in [0.1, 0.15) is 10.6 Å². The molecule has 0 saturated carbocycles. The maximum absolute atomic E-state index is 11.7. The second kappa shape index (κ2) is 4.45. The minimum absolute atomic E-state index is 0.169. The lowest BCUT2D eigenvalue weighted by atomic mass is 10.2. The normalized spacial score (nSPS) is 11.5. The molecule has 2 aromatic rings. The van der Waals surface area contributed by atoms with Crippen molar-refractivity contribution in [1.29, 1.82) is 0 Å². The summed E-state index contributed by atoms with van der Waals surface area (Å²) in [5.74, 6) is 0.311. The fourth-order valence-electron chi connectivity index (χ4n) is 1.82. The molecular weight excluding hydrogens is 252 g/mol. The number of benzene rings is 1. The molecule has 0 radical (unpaired) electrons. The minimum Gasteiger partial charge on any atom is -0.495 e. The summed E-state index contributed by atoms with van der Waals surface area (Å²) in [5.41, 5.74) is 1.51. The van der Waals surface area contributed by atoms with Crippen LogP contribution < -0.4 is 10.1 Å². The smallest absolute Gasteiger partial charge is 0.179 e. The Balaban J connectivity index is 2.87. The van der Waals surface area contributed by atoms with Gasteiger partial charge in [0.05, 0.1) is 12.6 Å². The van der Waals surface area contributed by atoms with Gasteiger partial charge in [-0.15, -0.1) is 0 Å². The molecule has 18 heavy (non-hydrogen) atoms. The monoisotopic (exact) mass is 266 g/mol. The van der Waals surface area contributed by atoms with Gasteiger partial charge in [0.2, 0.25) is 0 Å². The van der Waals surface area contributed by atoms with Crippen LogP contribution in [-0.4, -0.2) is 33.8 Å². The van der Waals surface area contributed by atoms with Crippen molar-refractivity contribution in [3.63, 3.8) is 0 Å². The van der Waals surface area contributed by atoms with Crippen molar-refractivity contribution in [1.82, 2.24) is 4.98 Å². The van der Waals surface area contributed by atoms with Gasteiger partial charge in [-0.1, -0.05) is 0 Å². The van der Waals surface area contributed by atoms with E-state index >= 15 is 0 Å². The molecule has 0 bridgehead atoms. The third-order valence-corrected chi connectivity index (χ3v) is 3.81. The predicted octanol–water partition coefficient (Wildman–Crippen LogP) is 1.69. The van der Waals surface area contributed by atoms with Crippen molar-refractivity contribution in [2.24, 2.45) is 0 Å². The van der Waals surface area contributed by atoms with Crippen LogP contribution in [0.1, 0.15) is 0 Å². The number of aromatic nitrogens is 1. The number of hydrogen-bond donors (Lipinski definition) is 1. The summed E-state index contributed by atoms with van der Waals surface area (Å²) in [5, 5.41) is 3.76. The second-order valence-electron chi connectivity index (χ2n) is 3.90. The molecule has 6 heteroatoms. The third kappa shape index (κ3) is 2.11. The number of ether oxygens (including phenoxy) is 1. The molecular formula is C12H14N2O3S. The van der Waals surface area contributed by atoms with Crippen LogP contribution >= 0.6 is 0 Å². The van der Waals surface area contributed by atoms with E-state index in [0.29, 0.717) is 11.3 Å². The molecule has 0 amide bonds. The first-order valence-electron chi connectivity index (χ1n) is 5.32. The predicted molar refractivity (Wildman–Crippen MR) is 71.0 cm³/mol. The molecule has 0 unspecified atom stereocenters. The summed E-state index contributed by atoms with van der Waals surface area (Å²) in [6.07, 6.45) is 2.82. The standard InChI is InChI=1S/C12H14N2O3S/c1-13-9-4-5-14-10-7-11(17-2)12(6-8(9)10)18(3,15)16/h4-7H,1-3H3,(H,13,14). The summed E-state index contributed by atoms with van der Waals surface area (Å²) < 4.78 is 28.6. The van der Waals surface area contributed by atoms with Crippen molar-refractivity contribution >= 4 is 26.4 Å². The van der Waals surface area contributed by atoms with Crippen LogP contribution in [0.2, 0.25) is 0 Å². The number of fused-ring (bicyclic) bond motifs is 1. The molecule has 0 fully saturated rings. The Hall–Kier alpha value is -1.82. The van der Waals surface area contributed by atoms with E-state index in [1.807, 2.05) is 0 Å². The molecule has 2 rings (SSSR count). The van der Waals surface area contributed by atoms with Gasteiger partial charge in [0.25, 0.3) is 0 Å². The van der Waals surface area contributed by atoms with Crippen LogP contribution in [0.3, 0.4) is 0 Å². The molecule has 0 aliphatic heterocycles. The van der Waals surface area contributed by atoms with Crippen molar-refractivity contribution < 1.29 is 13.2 Å².